The fourth-order valence-corrected chi connectivity index (χ4v) is 2.68. The van der Waals surface area contributed by atoms with Crippen molar-refractivity contribution in [2.75, 3.05) is 19.5 Å². The minimum atomic E-state index is -0.213. The lowest BCUT2D eigenvalue weighted by Crippen LogP contribution is -2.23. The predicted molar refractivity (Wildman–Crippen MR) is 97.2 cm³/mol. The molecular weight excluding hydrogens is 372 g/mol. The number of carbonyl (C=O) groups is 2. The van der Waals surface area contributed by atoms with Crippen LogP contribution in [0.25, 0.3) is 0 Å². The minimum Gasteiger partial charge on any atom is -0.496 e. The number of nitrogens with zero attached hydrogens (tertiary/aromatic N) is 1. The SMILES string of the molecule is COc1ccc(C(=O)Nc2cccc(CN(C)C(C)=O)c2)cc1Br. The van der Waals surface area contributed by atoms with E-state index < -0.39 is 0 Å². The first-order valence-electron chi connectivity index (χ1n) is 7.36. The lowest BCUT2D eigenvalue weighted by molar-refractivity contribution is -0.128. The van der Waals surface area contributed by atoms with E-state index in [1.807, 2.05) is 24.3 Å². The molecule has 1 N–H and O–H groups in total. The largest absolute Gasteiger partial charge is 0.496 e. The van der Waals surface area contributed by atoms with Gasteiger partial charge in [-0.15, -0.1) is 0 Å². The van der Waals surface area contributed by atoms with Crippen molar-refractivity contribution in [3.63, 3.8) is 0 Å². The van der Waals surface area contributed by atoms with Crippen molar-refractivity contribution in [3.8, 4) is 5.75 Å². The number of benzene rings is 2. The molecule has 2 aromatic carbocycles. The van der Waals surface area contributed by atoms with Crippen LogP contribution in [0.1, 0.15) is 22.8 Å². The molecule has 2 rings (SSSR count). The average Bonchev–Trinajstić information content (AvgIpc) is 2.54. The van der Waals surface area contributed by atoms with E-state index in [1.165, 1.54) is 6.92 Å². The van der Waals surface area contributed by atoms with Gasteiger partial charge in [-0.05, 0) is 51.8 Å². The maximum atomic E-state index is 12.4. The Balaban J connectivity index is 2.11. The van der Waals surface area contributed by atoms with Gasteiger partial charge in [0.2, 0.25) is 5.91 Å². The lowest BCUT2D eigenvalue weighted by Gasteiger charge is -2.15. The van der Waals surface area contributed by atoms with Crippen molar-refractivity contribution in [3.05, 3.63) is 58.1 Å². The molecule has 0 radical (unpaired) electrons. The van der Waals surface area contributed by atoms with Gasteiger partial charge in [0, 0.05) is 31.8 Å². The summed E-state index contributed by atoms with van der Waals surface area (Å²) < 4.78 is 5.88. The molecule has 5 nitrogen and oxygen atoms in total. The molecule has 0 bridgehead atoms. The summed E-state index contributed by atoms with van der Waals surface area (Å²) in [4.78, 5) is 25.3. The van der Waals surface area contributed by atoms with Crippen molar-refractivity contribution in [1.29, 1.82) is 0 Å². The number of rotatable bonds is 5. The molecule has 0 spiro atoms. The minimum absolute atomic E-state index is 0.00692. The normalized spacial score (nSPS) is 10.2. The quantitative estimate of drug-likeness (QED) is 0.846. The number of nitrogens with one attached hydrogen (secondary N) is 1. The highest BCUT2D eigenvalue weighted by Gasteiger charge is 2.10. The van der Waals surface area contributed by atoms with Gasteiger partial charge < -0.3 is 15.0 Å². The van der Waals surface area contributed by atoms with Gasteiger partial charge in [0.25, 0.3) is 5.91 Å². The van der Waals surface area contributed by atoms with E-state index >= 15 is 0 Å². The molecule has 0 aliphatic carbocycles. The summed E-state index contributed by atoms with van der Waals surface area (Å²) in [6.45, 7) is 2.01. The van der Waals surface area contributed by atoms with E-state index in [0.717, 1.165) is 10.0 Å². The maximum Gasteiger partial charge on any atom is 0.255 e. The highest BCUT2D eigenvalue weighted by atomic mass is 79.9. The topological polar surface area (TPSA) is 58.6 Å². The van der Waals surface area contributed by atoms with E-state index in [9.17, 15) is 9.59 Å². The van der Waals surface area contributed by atoms with E-state index in [2.05, 4.69) is 21.2 Å². The van der Waals surface area contributed by atoms with E-state index in [4.69, 9.17) is 4.74 Å². The number of amides is 2. The summed E-state index contributed by atoms with van der Waals surface area (Å²) in [7, 11) is 3.31. The Hall–Kier alpha value is -2.34. The molecule has 126 valence electrons. The number of carbonyl (C=O) groups excluding carboxylic acids is 2. The first-order chi connectivity index (χ1) is 11.4. The van der Waals surface area contributed by atoms with Crippen LogP contribution >= 0.6 is 15.9 Å². The Labute approximate surface area is 149 Å². The molecule has 0 aromatic heterocycles. The zero-order chi connectivity index (χ0) is 17.7. The van der Waals surface area contributed by atoms with Crippen LogP contribution in [-0.2, 0) is 11.3 Å². The highest BCUT2D eigenvalue weighted by molar-refractivity contribution is 9.10. The van der Waals surface area contributed by atoms with E-state index in [-0.39, 0.29) is 11.8 Å². The number of anilines is 1. The third-order valence-corrected chi connectivity index (χ3v) is 4.18. The van der Waals surface area contributed by atoms with Crippen LogP contribution < -0.4 is 10.1 Å². The summed E-state index contributed by atoms with van der Waals surface area (Å²) in [5.74, 6) is 0.448. The highest BCUT2D eigenvalue weighted by Crippen LogP contribution is 2.26. The molecule has 0 aliphatic rings. The molecule has 0 aliphatic heterocycles. The second-order valence-corrected chi connectivity index (χ2v) is 6.23. The fourth-order valence-electron chi connectivity index (χ4n) is 2.14. The zero-order valence-electron chi connectivity index (χ0n) is 13.8. The van der Waals surface area contributed by atoms with Crippen molar-refractivity contribution in [1.82, 2.24) is 4.90 Å². The summed E-state index contributed by atoms with van der Waals surface area (Å²) in [5, 5.41) is 2.86. The van der Waals surface area contributed by atoms with Crippen LogP contribution in [0.2, 0.25) is 0 Å². The molecule has 0 atom stereocenters. The lowest BCUT2D eigenvalue weighted by atomic mass is 10.1. The monoisotopic (exact) mass is 390 g/mol. The number of methoxy groups -OCH3 is 1. The van der Waals surface area contributed by atoms with Gasteiger partial charge in [-0.3, -0.25) is 9.59 Å². The zero-order valence-corrected chi connectivity index (χ0v) is 15.4. The summed E-state index contributed by atoms with van der Waals surface area (Å²) >= 11 is 3.37. The van der Waals surface area contributed by atoms with Crippen molar-refractivity contribution in [2.24, 2.45) is 0 Å². The van der Waals surface area contributed by atoms with Crippen LogP contribution in [0.5, 0.6) is 5.75 Å². The summed E-state index contributed by atoms with van der Waals surface area (Å²) in [6, 6.07) is 12.6. The van der Waals surface area contributed by atoms with E-state index in [0.29, 0.717) is 23.5 Å². The standard InChI is InChI=1S/C18H19BrN2O3/c1-12(22)21(2)11-13-5-4-6-15(9-13)20-18(23)14-7-8-17(24-3)16(19)10-14/h4-10H,11H2,1-3H3,(H,20,23). The molecule has 0 saturated carbocycles. The van der Waals surface area contributed by atoms with Gasteiger partial charge in [0.05, 0.1) is 11.6 Å². The molecule has 2 aromatic rings. The Bertz CT molecular complexity index is 762. The van der Waals surface area contributed by atoms with Crippen LogP contribution in [0.15, 0.2) is 46.9 Å². The summed E-state index contributed by atoms with van der Waals surface area (Å²) in [5.41, 5.74) is 2.15. The van der Waals surface area contributed by atoms with Gasteiger partial charge in [-0.1, -0.05) is 12.1 Å². The second kappa shape index (κ2) is 7.97. The predicted octanol–water partition coefficient (Wildman–Crippen LogP) is 3.69. The summed E-state index contributed by atoms with van der Waals surface area (Å²) in [6.07, 6.45) is 0. The van der Waals surface area contributed by atoms with Crippen LogP contribution in [0, 0.1) is 0 Å². The molecule has 2 amide bonds. The van der Waals surface area contributed by atoms with Gasteiger partial charge in [0.15, 0.2) is 0 Å². The molecule has 0 heterocycles. The van der Waals surface area contributed by atoms with Crippen LogP contribution in [0.3, 0.4) is 0 Å². The third kappa shape index (κ3) is 4.58. The molecule has 0 saturated heterocycles. The van der Waals surface area contributed by atoms with Crippen LogP contribution in [-0.4, -0.2) is 30.9 Å². The second-order valence-electron chi connectivity index (χ2n) is 5.38. The number of hydrogen-bond acceptors (Lipinski definition) is 3. The number of ether oxygens (including phenoxy) is 1. The fraction of sp³-hybridized carbons (Fsp3) is 0.222. The van der Waals surface area contributed by atoms with Gasteiger partial charge in [-0.2, -0.15) is 0 Å². The first kappa shape index (κ1) is 18.0. The Kier molecular flexibility index (Phi) is 5.98. The van der Waals surface area contributed by atoms with E-state index in [1.54, 1.807) is 37.3 Å². The smallest absolute Gasteiger partial charge is 0.255 e. The number of hydrogen-bond donors (Lipinski definition) is 1. The van der Waals surface area contributed by atoms with Gasteiger partial charge >= 0.3 is 0 Å². The van der Waals surface area contributed by atoms with Gasteiger partial charge in [-0.25, -0.2) is 0 Å². The van der Waals surface area contributed by atoms with Gasteiger partial charge in [0.1, 0.15) is 5.75 Å². The molecule has 24 heavy (non-hydrogen) atoms. The van der Waals surface area contributed by atoms with Crippen molar-refractivity contribution in [2.45, 2.75) is 13.5 Å². The Morgan fingerprint density at radius 3 is 2.58 bits per heavy atom. The molecule has 0 unspecified atom stereocenters. The average molecular weight is 391 g/mol. The maximum absolute atomic E-state index is 12.4. The third-order valence-electron chi connectivity index (χ3n) is 3.56. The Morgan fingerprint density at radius 2 is 1.96 bits per heavy atom. The molecular formula is C18H19BrN2O3. The van der Waals surface area contributed by atoms with Crippen LogP contribution in [0.4, 0.5) is 5.69 Å². The molecule has 0 fully saturated rings. The first-order valence-corrected chi connectivity index (χ1v) is 8.15. The van der Waals surface area contributed by atoms with Crippen molar-refractivity contribution < 1.29 is 14.3 Å². The van der Waals surface area contributed by atoms with Crippen molar-refractivity contribution >= 4 is 33.4 Å². The number of halogens is 1. The Morgan fingerprint density at radius 1 is 1.21 bits per heavy atom. The molecule has 6 heteroatoms.